The van der Waals surface area contributed by atoms with Gasteiger partial charge in [0, 0.05) is 5.56 Å². The molecule has 0 atom stereocenters. The molecule has 0 aromatic heterocycles. The van der Waals surface area contributed by atoms with Gasteiger partial charge >= 0.3 is 17.7 Å². The molecule has 0 amide bonds. The summed E-state index contributed by atoms with van der Waals surface area (Å²) in [6.07, 6.45) is 0. The molecule has 0 saturated carbocycles. The molecule has 0 unspecified atom stereocenters. The van der Waals surface area contributed by atoms with E-state index in [-0.39, 0.29) is 6.61 Å². The molecule has 114 valence electrons. The monoisotopic (exact) mass is 306 g/mol. The zero-order valence-electron chi connectivity index (χ0n) is 11.3. The Kier molecular flexibility index (Phi) is 4.50. The number of hydrogen-bond acceptors (Lipinski definition) is 3. The maximum absolute atomic E-state index is 13.6. The van der Waals surface area contributed by atoms with E-state index < -0.39 is 23.2 Å². The number of ketones is 1. The first-order chi connectivity index (χ1) is 10.4. The number of carbonyl (C=O) groups excluding carboxylic acids is 1. The van der Waals surface area contributed by atoms with Crippen LogP contribution in [-0.2, 0) is 22.1 Å². The Bertz CT molecular complexity index is 666. The first-order valence-electron chi connectivity index (χ1n) is 6.34. The second-order valence-corrected chi connectivity index (χ2v) is 4.51. The summed E-state index contributed by atoms with van der Waals surface area (Å²) in [6.45, 7) is 0.268. The highest BCUT2D eigenvalue weighted by Gasteiger charge is 2.45. The summed E-state index contributed by atoms with van der Waals surface area (Å²) < 4.78 is 32.6. The van der Waals surface area contributed by atoms with Crippen LogP contribution in [0.25, 0.3) is 0 Å². The van der Waals surface area contributed by atoms with Crippen molar-refractivity contribution in [3.63, 3.8) is 0 Å². The molecule has 1 N–H and O–H groups in total. The molecule has 2 rings (SSSR count). The van der Waals surface area contributed by atoms with Crippen molar-refractivity contribution in [3.8, 4) is 5.75 Å². The van der Waals surface area contributed by atoms with Crippen LogP contribution < -0.4 is 4.74 Å². The summed E-state index contributed by atoms with van der Waals surface area (Å²) >= 11 is 0. The number of carboxylic acids is 1. The number of carboxylic acid groups (broad SMARTS) is 1. The van der Waals surface area contributed by atoms with Gasteiger partial charge in [0.1, 0.15) is 12.4 Å². The van der Waals surface area contributed by atoms with E-state index in [1.165, 1.54) is 12.1 Å². The fourth-order valence-electron chi connectivity index (χ4n) is 1.77. The fraction of sp³-hybridized carbons (Fsp3) is 0.125. The Labute approximate surface area is 125 Å². The second kappa shape index (κ2) is 6.34. The van der Waals surface area contributed by atoms with Crippen molar-refractivity contribution in [1.29, 1.82) is 0 Å². The fourth-order valence-corrected chi connectivity index (χ4v) is 1.77. The van der Waals surface area contributed by atoms with Crippen molar-refractivity contribution in [2.75, 3.05) is 0 Å². The summed E-state index contributed by atoms with van der Waals surface area (Å²) in [4.78, 5) is 21.4. The van der Waals surface area contributed by atoms with Gasteiger partial charge in [0.25, 0.3) is 0 Å². The van der Waals surface area contributed by atoms with Gasteiger partial charge in [0.15, 0.2) is 0 Å². The molecular weight excluding hydrogens is 294 g/mol. The van der Waals surface area contributed by atoms with Crippen LogP contribution in [0.3, 0.4) is 0 Å². The standard InChI is InChI=1S/C16H12F2O4/c17-16(18,14(19)15(20)21)12-6-8-13(9-7-12)22-10-11-4-2-1-3-5-11/h1-9H,10H2,(H,20,21). The molecule has 0 radical (unpaired) electrons. The Morgan fingerprint density at radius 3 is 2.14 bits per heavy atom. The molecule has 0 bridgehead atoms. The highest BCUT2D eigenvalue weighted by Crippen LogP contribution is 2.30. The number of halogens is 2. The minimum Gasteiger partial charge on any atom is -0.489 e. The average molecular weight is 306 g/mol. The first-order valence-corrected chi connectivity index (χ1v) is 6.34. The Hall–Kier alpha value is -2.76. The molecule has 2 aromatic carbocycles. The summed E-state index contributed by atoms with van der Waals surface area (Å²) in [7, 11) is 0. The lowest BCUT2D eigenvalue weighted by Crippen LogP contribution is -2.32. The van der Waals surface area contributed by atoms with Gasteiger partial charge in [-0.1, -0.05) is 30.3 Å². The molecule has 22 heavy (non-hydrogen) atoms. The molecule has 0 aliphatic heterocycles. The summed E-state index contributed by atoms with van der Waals surface area (Å²) in [5.74, 6) is -8.06. The summed E-state index contributed by atoms with van der Waals surface area (Å²) in [5, 5.41) is 8.39. The largest absolute Gasteiger partial charge is 0.489 e. The molecular formula is C16H12F2O4. The molecule has 0 aliphatic carbocycles. The second-order valence-electron chi connectivity index (χ2n) is 4.51. The predicted octanol–water partition coefficient (Wildman–Crippen LogP) is 3.01. The zero-order chi connectivity index (χ0) is 16.2. The van der Waals surface area contributed by atoms with E-state index in [2.05, 4.69) is 0 Å². The van der Waals surface area contributed by atoms with E-state index in [1.54, 1.807) is 0 Å². The number of rotatable bonds is 6. The lowest BCUT2D eigenvalue weighted by molar-refractivity contribution is -0.163. The lowest BCUT2D eigenvalue weighted by atomic mass is 10.0. The van der Waals surface area contributed by atoms with Gasteiger partial charge in [-0.05, 0) is 29.8 Å². The zero-order valence-corrected chi connectivity index (χ0v) is 11.3. The third kappa shape index (κ3) is 3.46. The van der Waals surface area contributed by atoms with Crippen molar-refractivity contribution in [3.05, 3.63) is 65.7 Å². The molecule has 0 saturated heterocycles. The highest BCUT2D eigenvalue weighted by molar-refractivity contribution is 6.35. The van der Waals surface area contributed by atoms with Crippen LogP contribution in [0.2, 0.25) is 0 Å². The smallest absolute Gasteiger partial charge is 0.379 e. The minimum absolute atomic E-state index is 0.268. The predicted molar refractivity (Wildman–Crippen MR) is 73.8 cm³/mol. The third-order valence-corrected chi connectivity index (χ3v) is 2.94. The van der Waals surface area contributed by atoms with E-state index >= 15 is 0 Å². The van der Waals surface area contributed by atoms with Crippen molar-refractivity contribution in [1.82, 2.24) is 0 Å². The maximum Gasteiger partial charge on any atom is 0.379 e. The molecule has 0 spiro atoms. The molecule has 0 heterocycles. The first kappa shape index (κ1) is 15.6. The normalized spacial score (nSPS) is 11.0. The van der Waals surface area contributed by atoms with Crippen LogP contribution in [0.4, 0.5) is 8.78 Å². The van der Waals surface area contributed by atoms with Gasteiger partial charge in [-0.25, -0.2) is 4.79 Å². The number of alkyl halides is 2. The van der Waals surface area contributed by atoms with Gasteiger partial charge in [0.2, 0.25) is 0 Å². The number of carbonyl (C=O) groups is 2. The number of ether oxygens (including phenoxy) is 1. The molecule has 4 nitrogen and oxygen atoms in total. The SMILES string of the molecule is O=C(O)C(=O)C(F)(F)c1ccc(OCc2ccccc2)cc1. The van der Waals surface area contributed by atoms with Gasteiger partial charge in [-0.15, -0.1) is 0 Å². The summed E-state index contributed by atoms with van der Waals surface area (Å²) in [6, 6.07) is 13.7. The molecule has 0 fully saturated rings. The average Bonchev–Trinajstić information content (AvgIpc) is 2.53. The van der Waals surface area contributed by atoms with E-state index in [1.807, 2.05) is 30.3 Å². The number of benzene rings is 2. The quantitative estimate of drug-likeness (QED) is 0.833. The molecule has 2 aromatic rings. The van der Waals surface area contributed by atoms with E-state index in [0.29, 0.717) is 5.75 Å². The van der Waals surface area contributed by atoms with Crippen LogP contribution in [0.5, 0.6) is 5.75 Å². The third-order valence-electron chi connectivity index (χ3n) is 2.94. The van der Waals surface area contributed by atoms with Crippen molar-refractivity contribution in [2.45, 2.75) is 12.5 Å². The van der Waals surface area contributed by atoms with Gasteiger partial charge in [-0.3, -0.25) is 4.79 Å². The van der Waals surface area contributed by atoms with Crippen LogP contribution in [-0.4, -0.2) is 16.9 Å². The minimum atomic E-state index is -4.07. The molecule has 0 aliphatic rings. The van der Waals surface area contributed by atoms with Crippen LogP contribution in [0, 0.1) is 0 Å². The van der Waals surface area contributed by atoms with Crippen molar-refractivity contribution < 1.29 is 28.2 Å². The van der Waals surface area contributed by atoms with Crippen molar-refractivity contribution in [2.24, 2.45) is 0 Å². The topological polar surface area (TPSA) is 63.6 Å². The van der Waals surface area contributed by atoms with E-state index in [4.69, 9.17) is 9.84 Å². The van der Waals surface area contributed by atoms with Crippen LogP contribution in [0.1, 0.15) is 11.1 Å². The Morgan fingerprint density at radius 2 is 1.59 bits per heavy atom. The molecule has 6 heteroatoms. The van der Waals surface area contributed by atoms with Gasteiger partial charge in [0.05, 0.1) is 0 Å². The summed E-state index contributed by atoms with van der Waals surface area (Å²) in [5.41, 5.74) is 0.227. The lowest BCUT2D eigenvalue weighted by Gasteiger charge is -2.13. The van der Waals surface area contributed by atoms with Crippen LogP contribution in [0.15, 0.2) is 54.6 Å². The number of Topliss-reactive ketones (excluding diaryl/α,β-unsaturated/α-hetero) is 1. The van der Waals surface area contributed by atoms with E-state index in [0.717, 1.165) is 17.7 Å². The number of aliphatic carboxylic acids is 1. The van der Waals surface area contributed by atoms with Gasteiger partial charge in [-0.2, -0.15) is 8.78 Å². The Balaban J connectivity index is 2.07. The van der Waals surface area contributed by atoms with Crippen molar-refractivity contribution >= 4 is 11.8 Å². The van der Waals surface area contributed by atoms with Gasteiger partial charge < -0.3 is 9.84 Å². The number of hydrogen-bond donors (Lipinski definition) is 1. The Morgan fingerprint density at radius 1 is 1.00 bits per heavy atom. The highest BCUT2D eigenvalue weighted by atomic mass is 19.3. The van der Waals surface area contributed by atoms with E-state index in [9.17, 15) is 18.4 Å². The maximum atomic E-state index is 13.6. The van der Waals surface area contributed by atoms with Crippen LogP contribution >= 0.6 is 0 Å².